The number of imidazole rings is 1. The third-order valence-corrected chi connectivity index (χ3v) is 4.50. The fourth-order valence-electron chi connectivity index (χ4n) is 2.17. The van der Waals surface area contributed by atoms with Gasteiger partial charge in [-0.25, -0.2) is 13.4 Å². The smallest absolute Gasteiger partial charge is 0.103 e. The van der Waals surface area contributed by atoms with Gasteiger partial charge in [0.1, 0.15) is 10.1 Å². The zero-order valence-corrected chi connectivity index (χ0v) is 12.2. The molecular weight excluding hydrogens is 290 g/mol. The quantitative estimate of drug-likeness (QED) is 0.784. The summed E-state index contributed by atoms with van der Waals surface area (Å²) in [5.41, 5.74) is 1.83. The molecule has 1 aromatic heterocycles. The van der Waals surface area contributed by atoms with Gasteiger partial charge in [0, 0.05) is 12.7 Å². The molecule has 21 heavy (non-hydrogen) atoms. The lowest BCUT2D eigenvalue weighted by Crippen LogP contribution is -2.16. The molecule has 1 unspecified atom stereocenters. The van der Waals surface area contributed by atoms with E-state index in [0.717, 1.165) is 5.56 Å². The molecule has 1 aromatic carbocycles. The van der Waals surface area contributed by atoms with Crippen LogP contribution < -0.4 is 0 Å². The minimum Gasteiger partial charge on any atom is -0.747 e. The van der Waals surface area contributed by atoms with Gasteiger partial charge in [-0.2, -0.15) is 5.26 Å². The number of nitriles is 1. The van der Waals surface area contributed by atoms with Crippen LogP contribution in [0.25, 0.3) is 0 Å². The SMILES string of the molecule is CCC(c1cncn1Cc1ccc(C#N)cc1)S(=O)(=O)[O-]. The summed E-state index contributed by atoms with van der Waals surface area (Å²) in [4.78, 5) is 3.94. The topological polar surface area (TPSA) is 98.8 Å². The minimum atomic E-state index is -4.42. The van der Waals surface area contributed by atoms with E-state index >= 15 is 0 Å². The van der Waals surface area contributed by atoms with Gasteiger partial charge in [-0.15, -0.1) is 0 Å². The van der Waals surface area contributed by atoms with E-state index in [4.69, 9.17) is 5.26 Å². The van der Waals surface area contributed by atoms with Crippen molar-refractivity contribution in [1.82, 2.24) is 9.55 Å². The first kappa shape index (κ1) is 15.2. The molecule has 110 valence electrons. The Labute approximate surface area is 123 Å². The van der Waals surface area contributed by atoms with Gasteiger partial charge in [0.15, 0.2) is 0 Å². The maximum absolute atomic E-state index is 11.3. The van der Waals surface area contributed by atoms with Crippen LogP contribution in [0.2, 0.25) is 0 Å². The summed E-state index contributed by atoms with van der Waals surface area (Å²) < 4.78 is 35.6. The molecule has 0 spiro atoms. The average Bonchev–Trinajstić information content (AvgIpc) is 2.87. The molecule has 0 aliphatic rings. The number of nitrogens with zero attached hydrogens (tertiary/aromatic N) is 3. The van der Waals surface area contributed by atoms with Crippen molar-refractivity contribution in [1.29, 1.82) is 5.26 Å². The monoisotopic (exact) mass is 304 g/mol. The van der Waals surface area contributed by atoms with E-state index in [1.54, 1.807) is 35.8 Å². The maximum Gasteiger partial charge on any atom is 0.103 e. The number of rotatable bonds is 5. The Morgan fingerprint density at radius 2 is 2.05 bits per heavy atom. The summed E-state index contributed by atoms with van der Waals surface area (Å²) in [6, 6.07) is 8.98. The molecule has 0 fully saturated rings. The summed E-state index contributed by atoms with van der Waals surface area (Å²) in [7, 11) is -4.42. The lowest BCUT2D eigenvalue weighted by Gasteiger charge is -2.20. The van der Waals surface area contributed by atoms with Crippen molar-refractivity contribution in [2.45, 2.75) is 25.1 Å². The summed E-state index contributed by atoms with van der Waals surface area (Å²) in [6.07, 6.45) is 3.11. The minimum absolute atomic E-state index is 0.199. The highest BCUT2D eigenvalue weighted by Gasteiger charge is 2.20. The summed E-state index contributed by atoms with van der Waals surface area (Å²) >= 11 is 0. The standard InChI is InChI=1S/C14H15N3O3S/c1-2-14(21(18,19)20)13-8-16-10-17(13)9-12-5-3-11(7-15)4-6-12/h3-6,8,10,14H,2,9H2,1H3,(H,18,19,20)/p-1. The molecule has 1 heterocycles. The van der Waals surface area contributed by atoms with Crippen LogP contribution in [0, 0.1) is 11.3 Å². The van der Waals surface area contributed by atoms with E-state index in [1.807, 2.05) is 6.07 Å². The van der Waals surface area contributed by atoms with Crippen LogP contribution >= 0.6 is 0 Å². The van der Waals surface area contributed by atoms with Gasteiger partial charge in [0.2, 0.25) is 0 Å². The Kier molecular flexibility index (Phi) is 4.40. The molecule has 0 radical (unpaired) electrons. The van der Waals surface area contributed by atoms with Crippen LogP contribution in [-0.4, -0.2) is 22.5 Å². The second-order valence-electron chi connectivity index (χ2n) is 4.64. The highest BCUT2D eigenvalue weighted by molar-refractivity contribution is 7.86. The first-order chi connectivity index (χ1) is 9.95. The molecule has 0 aliphatic carbocycles. The lowest BCUT2D eigenvalue weighted by atomic mass is 10.1. The van der Waals surface area contributed by atoms with Crippen molar-refractivity contribution in [3.8, 4) is 6.07 Å². The summed E-state index contributed by atoms with van der Waals surface area (Å²) in [5, 5.41) is 7.66. The van der Waals surface area contributed by atoms with E-state index < -0.39 is 15.4 Å². The van der Waals surface area contributed by atoms with E-state index in [0.29, 0.717) is 17.8 Å². The van der Waals surface area contributed by atoms with E-state index in [-0.39, 0.29) is 6.42 Å². The molecule has 0 N–H and O–H groups in total. The molecule has 0 amide bonds. The molecule has 0 saturated carbocycles. The van der Waals surface area contributed by atoms with Crippen LogP contribution in [0.4, 0.5) is 0 Å². The van der Waals surface area contributed by atoms with Gasteiger partial charge in [-0.05, 0) is 24.1 Å². The van der Waals surface area contributed by atoms with Gasteiger partial charge in [-0.1, -0.05) is 19.1 Å². The summed E-state index contributed by atoms with van der Waals surface area (Å²) in [5.74, 6) is 0. The van der Waals surface area contributed by atoms with Gasteiger partial charge in [0.25, 0.3) is 0 Å². The van der Waals surface area contributed by atoms with Crippen molar-refractivity contribution in [2.24, 2.45) is 0 Å². The maximum atomic E-state index is 11.3. The molecular formula is C14H14N3O3S-. The molecule has 0 bridgehead atoms. The van der Waals surface area contributed by atoms with Crippen LogP contribution in [0.5, 0.6) is 0 Å². The van der Waals surface area contributed by atoms with Crippen LogP contribution in [0.15, 0.2) is 36.8 Å². The number of benzene rings is 1. The van der Waals surface area contributed by atoms with Crippen molar-refractivity contribution < 1.29 is 13.0 Å². The van der Waals surface area contributed by atoms with E-state index in [9.17, 15) is 13.0 Å². The molecule has 0 aliphatic heterocycles. The van der Waals surface area contributed by atoms with E-state index in [2.05, 4.69) is 4.98 Å². The Morgan fingerprint density at radius 3 is 2.57 bits per heavy atom. The molecule has 7 heteroatoms. The van der Waals surface area contributed by atoms with Crippen molar-refractivity contribution in [3.05, 3.63) is 53.6 Å². The van der Waals surface area contributed by atoms with Gasteiger partial charge < -0.3 is 9.12 Å². The first-order valence-electron chi connectivity index (χ1n) is 6.39. The van der Waals surface area contributed by atoms with Crippen molar-refractivity contribution >= 4 is 10.1 Å². The Morgan fingerprint density at radius 1 is 1.38 bits per heavy atom. The third-order valence-electron chi connectivity index (χ3n) is 3.23. The van der Waals surface area contributed by atoms with Crippen LogP contribution in [-0.2, 0) is 16.7 Å². The fraction of sp³-hybridized carbons (Fsp3) is 0.286. The fourth-order valence-corrected chi connectivity index (χ4v) is 3.07. The van der Waals surface area contributed by atoms with Crippen molar-refractivity contribution in [2.75, 3.05) is 0 Å². The molecule has 2 aromatic rings. The lowest BCUT2D eigenvalue weighted by molar-refractivity contribution is 0.444. The second-order valence-corrected chi connectivity index (χ2v) is 6.20. The van der Waals surface area contributed by atoms with Gasteiger partial charge in [-0.3, -0.25) is 0 Å². The molecule has 0 saturated heterocycles. The normalized spacial score (nSPS) is 12.8. The van der Waals surface area contributed by atoms with Crippen LogP contribution in [0.1, 0.15) is 35.4 Å². The van der Waals surface area contributed by atoms with Gasteiger partial charge >= 0.3 is 0 Å². The summed E-state index contributed by atoms with van der Waals surface area (Å²) in [6.45, 7) is 2.05. The van der Waals surface area contributed by atoms with Crippen molar-refractivity contribution in [3.63, 3.8) is 0 Å². The first-order valence-corrected chi connectivity index (χ1v) is 7.86. The number of hydrogen-bond acceptors (Lipinski definition) is 5. The Hall–Kier alpha value is -2.17. The van der Waals surface area contributed by atoms with E-state index in [1.165, 1.54) is 12.5 Å². The van der Waals surface area contributed by atoms with Crippen LogP contribution in [0.3, 0.4) is 0 Å². The molecule has 2 rings (SSSR count). The molecule has 6 nitrogen and oxygen atoms in total. The molecule has 1 atom stereocenters. The second kappa shape index (κ2) is 6.08. The number of aromatic nitrogens is 2. The Bertz CT molecular complexity index is 758. The van der Waals surface area contributed by atoms with Gasteiger partial charge in [0.05, 0.1) is 28.9 Å². The average molecular weight is 304 g/mol. The highest BCUT2D eigenvalue weighted by atomic mass is 32.2. The third kappa shape index (κ3) is 3.48. The zero-order valence-electron chi connectivity index (χ0n) is 11.4. The highest BCUT2D eigenvalue weighted by Crippen LogP contribution is 2.25. The number of hydrogen-bond donors (Lipinski definition) is 0. The Balaban J connectivity index is 2.30. The predicted molar refractivity (Wildman–Crippen MR) is 75.2 cm³/mol. The zero-order chi connectivity index (χ0) is 15.5. The largest absolute Gasteiger partial charge is 0.747 e. The predicted octanol–water partition coefficient (Wildman–Crippen LogP) is 1.80.